The first-order chi connectivity index (χ1) is 12.6. The zero-order chi connectivity index (χ0) is 18.1. The maximum absolute atomic E-state index is 12.9. The summed E-state index contributed by atoms with van der Waals surface area (Å²) in [5, 5.41) is 9.17. The number of carbonyl (C=O) groups excluding carboxylic acids is 1. The van der Waals surface area contributed by atoms with Gasteiger partial charge in [0.05, 0.1) is 10.1 Å². The van der Waals surface area contributed by atoms with Crippen LogP contribution in [-0.2, 0) is 13.0 Å². The second kappa shape index (κ2) is 7.37. The van der Waals surface area contributed by atoms with Gasteiger partial charge in [-0.2, -0.15) is 0 Å². The van der Waals surface area contributed by atoms with E-state index in [-0.39, 0.29) is 11.5 Å². The van der Waals surface area contributed by atoms with Crippen LogP contribution in [0.4, 0.5) is 0 Å². The molecule has 6 heteroatoms. The molecule has 2 aliphatic rings. The molecule has 0 atom stereocenters. The fraction of sp³-hybridized carbons (Fsp3) is 0.300. The Hall–Kier alpha value is -1.92. The standard InChI is InChI=1S/C20H19NO3S2/c22-18(14-2-4-15(5-3-14)20-25-9-10-26-20)21-8-7-13-1-6-16(19(23)24)11-17(13)12-21/h1-6,11,20H,7-10,12H2,(H,23,24). The Balaban J connectivity index is 1.50. The van der Waals surface area contributed by atoms with Crippen LogP contribution >= 0.6 is 23.5 Å². The number of carboxylic acids is 1. The predicted molar refractivity (Wildman–Crippen MR) is 106 cm³/mol. The van der Waals surface area contributed by atoms with Gasteiger partial charge >= 0.3 is 5.97 Å². The third-order valence-electron chi connectivity index (χ3n) is 4.80. The lowest BCUT2D eigenvalue weighted by Crippen LogP contribution is -2.36. The summed E-state index contributed by atoms with van der Waals surface area (Å²) in [6.45, 7) is 1.12. The fourth-order valence-corrected chi connectivity index (χ4v) is 6.24. The highest BCUT2D eigenvalue weighted by Crippen LogP contribution is 2.45. The van der Waals surface area contributed by atoms with E-state index in [1.807, 2.05) is 46.6 Å². The largest absolute Gasteiger partial charge is 0.478 e. The highest BCUT2D eigenvalue weighted by molar-refractivity contribution is 8.19. The van der Waals surface area contributed by atoms with E-state index in [2.05, 4.69) is 12.1 Å². The molecule has 2 heterocycles. The number of amides is 1. The lowest BCUT2D eigenvalue weighted by atomic mass is 9.97. The van der Waals surface area contributed by atoms with E-state index in [0.717, 1.165) is 17.5 Å². The smallest absolute Gasteiger partial charge is 0.335 e. The van der Waals surface area contributed by atoms with Crippen LogP contribution in [0.15, 0.2) is 42.5 Å². The van der Waals surface area contributed by atoms with Gasteiger partial charge in [-0.15, -0.1) is 23.5 Å². The molecule has 4 rings (SSSR count). The van der Waals surface area contributed by atoms with Gasteiger partial charge in [0, 0.05) is 30.2 Å². The lowest BCUT2D eigenvalue weighted by Gasteiger charge is -2.29. The maximum Gasteiger partial charge on any atom is 0.335 e. The Bertz CT molecular complexity index is 845. The van der Waals surface area contributed by atoms with Gasteiger partial charge in [-0.25, -0.2) is 4.79 Å². The molecular formula is C20H19NO3S2. The number of nitrogens with zero attached hydrogens (tertiary/aromatic N) is 1. The molecule has 2 aliphatic heterocycles. The average molecular weight is 386 g/mol. The van der Waals surface area contributed by atoms with Gasteiger partial charge in [-0.3, -0.25) is 4.79 Å². The van der Waals surface area contributed by atoms with Crippen molar-refractivity contribution < 1.29 is 14.7 Å². The molecule has 0 unspecified atom stereocenters. The third-order valence-corrected chi connectivity index (χ3v) is 7.91. The van der Waals surface area contributed by atoms with Gasteiger partial charge < -0.3 is 10.0 Å². The Labute approximate surface area is 161 Å². The van der Waals surface area contributed by atoms with Crippen LogP contribution in [0.3, 0.4) is 0 Å². The van der Waals surface area contributed by atoms with Crippen molar-refractivity contribution in [3.63, 3.8) is 0 Å². The van der Waals surface area contributed by atoms with Crippen LogP contribution in [0, 0.1) is 0 Å². The summed E-state index contributed by atoms with van der Waals surface area (Å²) in [5.41, 5.74) is 4.29. The summed E-state index contributed by atoms with van der Waals surface area (Å²) in [6, 6.07) is 13.1. The van der Waals surface area contributed by atoms with E-state index >= 15 is 0 Å². The van der Waals surface area contributed by atoms with Crippen molar-refractivity contribution in [3.8, 4) is 0 Å². The molecule has 26 heavy (non-hydrogen) atoms. The highest BCUT2D eigenvalue weighted by Gasteiger charge is 2.23. The normalized spacial score (nSPS) is 17.2. The van der Waals surface area contributed by atoms with Crippen molar-refractivity contribution in [1.29, 1.82) is 0 Å². The first-order valence-corrected chi connectivity index (χ1v) is 10.7. The molecule has 0 bridgehead atoms. The number of benzene rings is 2. The molecular weight excluding hydrogens is 366 g/mol. The van der Waals surface area contributed by atoms with E-state index in [9.17, 15) is 14.7 Å². The molecule has 1 amide bonds. The summed E-state index contributed by atoms with van der Waals surface area (Å²) >= 11 is 3.91. The van der Waals surface area contributed by atoms with E-state index in [1.54, 1.807) is 12.1 Å². The van der Waals surface area contributed by atoms with Crippen molar-refractivity contribution in [2.24, 2.45) is 0 Å². The monoisotopic (exact) mass is 385 g/mol. The average Bonchev–Trinajstić information content (AvgIpc) is 3.21. The number of aromatic carboxylic acids is 1. The van der Waals surface area contributed by atoms with Crippen LogP contribution in [0.1, 0.15) is 42.0 Å². The number of hydrogen-bond acceptors (Lipinski definition) is 4. The molecule has 2 aromatic rings. The molecule has 1 saturated heterocycles. The second-order valence-corrected chi connectivity index (χ2v) is 9.19. The molecule has 2 aromatic carbocycles. The highest BCUT2D eigenvalue weighted by atomic mass is 32.2. The van der Waals surface area contributed by atoms with Crippen LogP contribution in [0.25, 0.3) is 0 Å². The molecule has 134 valence electrons. The number of carboxylic acid groups (broad SMARTS) is 1. The van der Waals surface area contributed by atoms with Gasteiger partial charge in [-0.05, 0) is 47.4 Å². The van der Waals surface area contributed by atoms with Crippen molar-refractivity contribution in [2.45, 2.75) is 17.5 Å². The van der Waals surface area contributed by atoms with Crippen molar-refractivity contribution in [1.82, 2.24) is 4.90 Å². The molecule has 0 saturated carbocycles. The lowest BCUT2D eigenvalue weighted by molar-refractivity contribution is 0.0696. The summed E-state index contributed by atoms with van der Waals surface area (Å²) in [4.78, 5) is 25.8. The molecule has 0 aromatic heterocycles. The van der Waals surface area contributed by atoms with Crippen molar-refractivity contribution in [2.75, 3.05) is 18.1 Å². The number of rotatable bonds is 3. The Morgan fingerprint density at radius 2 is 1.65 bits per heavy atom. The predicted octanol–water partition coefficient (Wildman–Crippen LogP) is 4.06. The van der Waals surface area contributed by atoms with Crippen LogP contribution in [0.2, 0.25) is 0 Å². The summed E-state index contributed by atoms with van der Waals surface area (Å²) < 4.78 is 0.482. The zero-order valence-electron chi connectivity index (χ0n) is 14.2. The first kappa shape index (κ1) is 17.5. The van der Waals surface area contributed by atoms with Gasteiger partial charge in [-0.1, -0.05) is 18.2 Å². The van der Waals surface area contributed by atoms with Gasteiger partial charge in [0.25, 0.3) is 5.91 Å². The Kier molecular flexibility index (Phi) is 4.96. The number of hydrogen-bond donors (Lipinski definition) is 1. The minimum atomic E-state index is -0.936. The maximum atomic E-state index is 12.9. The zero-order valence-corrected chi connectivity index (χ0v) is 15.8. The fourth-order valence-electron chi connectivity index (χ4n) is 3.38. The SMILES string of the molecule is O=C(O)c1ccc2c(c1)CN(C(=O)c1ccc(C3SCCS3)cc1)CC2. The molecule has 0 spiro atoms. The molecule has 1 fully saturated rings. The van der Waals surface area contributed by atoms with Gasteiger partial charge in [0.15, 0.2) is 0 Å². The molecule has 4 nitrogen and oxygen atoms in total. The van der Waals surface area contributed by atoms with E-state index in [4.69, 9.17) is 0 Å². The summed E-state index contributed by atoms with van der Waals surface area (Å²) in [7, 11) is 0. The minimum absolute atomic E-state index is 0.00894. The van der Waals surface area contributed by atoms with Crippen LogP contribution < -0.4 is 0 Å². The summed E-state index contributed by atoms with van der Waals surface area (Å²) in [5.74, 6) is 1.44. The topological polar surface area (TPSA) is 57.6 Å². The van der Waals surface area contributed by atoms with Crippen LogP contribution in [0.5, 0.6) is 0 Å². The molecule has 1 N–H and O–H groups in total. The van der Waals surface area contributed by atoms with E-state index in [0.29, 0.717) is 23.2 Å². The molecule has 0 radical (unpaired) electrons. The van der Waals surface area contributed by atoms with Gasteiger partial charge in [0.1, 0.15) is 0 Å². The second-order valence-electron chi connectivity index (χ2n) is 6.46. The number of thioether (sulfide) groups is 2. The number of fused-ring (bicyclic) bond motifs is 1. The van der Waals surface area contributed by atoms with Crippen molar-refractivity contribution >= 4 is 35.4 Å². The van der Waals surface area contributed by atoms with Crippen molar-refractivity contribution in [3.05, 3.63) is 70.3 Å². The van der Waals surface area contributed by atoms with Crippen LogP contribution in [-0.4, -0.2) is 39.9 Å². The van der Waals surface area contributed by atoms with E-state index in [1.165, 1.54) is 17.1 Å². The number of carbonyl (C=O) groups is 2. The summed E-state index contributed by atoms with van der Waals surface area (Å²) in [6.07, 6.45) is 0.758. The van der Waals surface area contributed by atoms with Gasteiger partial charge in [0.2, 0.25) is 0 Å². The third kappa shape index (κ3) is 3.48. The minimum Gasteiger partial charge on any atom is -0.478 e. The molecule has 0 aliphatic carbocycles. The quantitative estimate of drug-likeness (QED) is 0.863. The Morgan fingerprint density at radius 1 is 0.962 bits per heavy atom. The Morgan fingerprint density at radius 3 is 2.35 bits per heavy atom. The first-order valence-electron chi connectivity index (χ1n) is 8.59. The van der Waals surface area contributed by atoms with E-state index < -0.39 is 5.97 Å².